The molecule has 0 amide bonds. The zero-order valence-electron chi connectivity index (χ0n) is 6.17. The molecule has 0 atom stereocenters. The van der Waals surface area contributed by atoms with E-state index in [0.717, 1.165) is 0 Å². The van der Waals surface area contributed by atoms with Crippen molar-refractivity contribution in [3.8, 4) is 0 Å². The highest BCUT2D eigenvalue weighted by Gasteiger charge is 2.12. The number of carbonyl (C=O) groups is 1. The lowest BCUT2D eigenvalue weighted by Crippen LogP contribution is -2.06. The molecule has 0 spiro atoms. The van der Waals surface area contributed by atoms with E-state index in [-0.39, 0.29) is 5.56 Å². The van der Waals surface area contributed by atoms with Gasteiger partial charge < -0.3 is 4.74 Å². The Balaban J connectivity index is 3.13. The van der Waals surface area contributed by atoms with E-state index in [1.165, 1.54) is 19.4 Å². The molecule has 1 rings (SSSR count). The van der Waals surface area contributed by atoms with Crippen LogP contribution < -0.4 is 0 Å². The molecule has 0 radical (unpaired) electrons. The van der Waals surface area contributed by atoms with E-state index in [2.05, 4.69) is 9.72 Å². The van der Waals surface area contributed by atoms with Gasteiger partial charge in [-0.15, -0.1) is 0 Å². The third-order valence-corrected chi connectivity index (χ3v) is 1.80. The van der Waals surface area contributed by atoms with Crippen molar-refractivity contribution in [3.63, 3.8) is 0 Å². The molecule has 0 saturated heterocycles. The fourth-order valence-electron chi connectivity index (χ4n) is 0.676. The standard InChI is InChI=1S/C7H5FINO2/c1-12-7(11)5-2-4(9)3-10-6(5)8/h2-3H,1H3. The van der Waals surface area contributed by atoms with Gasteiger partial charge in [-0.05, 0) is 28.7 Å². The summed E-state index contributed by atoms with van der Waals surface area (Å²) in [6.45, 7) is 0. The number of esters is 1. The zero-order valence-corrected chi connectivity index (χ0v) is 8.33. The van der Waals surface area contributed by atoms with Gasteiger partial charge in [-0.1, -0.05) is 0 Å². The SMILES string of the molecule is COC(=O)c1cc(I)cnc1F. The summed E-state index contributed by atoms with van der Waals surface area (Å²) in [7, 11) is 1.20. The van der Waals surface area contributed by atoms with Crippen LogP contribution in [-0.2, 0) is 4.74 Å². The lowest BCUT2D eigenvalue weighted by atomic mass is 10.3. The number of methoxy groups -OCH3 is 1. The van der Waals surface area contributed by atoms with E-state index in [4.69, 9.17) is 0 Å². The maximum atomic E-state index is 12.8. The summed E-state index contributed by atoms with van der Waals surface area (Å²) >= 11 is 1.93. The van der Waals surface area contributed by atoms with Crippen LogP contribution in [-0.4, -0.2) is 18.1 Å². The van der Waals surface area contributed by atoms with Gasteiger partial charge in [0.2, 0.25) is 5.95 Å². The summed E-state index contributed by atoms with van der Waals surface area (Å²) in [4.78, 5) is 14.3. The topological polar surface area (TPSA) is 39.2 Å². The summed E-state index contributed by atoms with van der Waals surface area (Å²) in [6, 6.07) is 1.38. The Morgan fingerprint density at radius 3 is 3.00 bits per heavy atom. The Morgan fingerprint density at radius 2 is 2.42 bits per heavy atom. The normalized spacial score (nSPS) is 9.58. The van der Waals surface area contributed by atoms with E-state index in [1.807, 2.05) is 22.6 Å². The Kier molecular flexibility index (Phi) is 2.96. The van der Waals surface area contributed by atoms with Gasteiger partial charge in [0, 0.05) is 9.77 Å². The molecule has 0 N–H and O–H groups in total. The van der Waals surface area contributed by atoms with Crippen molar-refractivity contribution in [2.75, 3.05) is 7.11 Å². The Hall–Kier alpha value is -0.720. The molecule has 1 heterocycles. The minimum atomic E-state index is -0.803. The Labute approximate surface area is 82.1 Å². The van der Waals surface area contributed by atoms with E-state index in [1.54, 1.807) is 0 Å². The molecule has 64 valence electrons. The predicted octanol–water partition coefficient (Wildman–Crippen LogP) is 1.61. The fraction of sp³-hybridized carbons (Fsp3) is 0.143. The van der Waals surface area contributed by atoms with Crippen LogP contribution in [0.1, 0.15) is 10.4 Å². The lowest BCUT2D eigenvalue weighted by molar-refractivity contribution is 0.0594. The molecule has 0 aromatic carbocycles. The average molecular weight is 281 g/mol. The number of pyridine rings is 1. The van der Waals surface area contributed by atoms with Crippen molar-refractivity contribution in [2.45, 2.75) is 0 Å². The maximum Gasteiger partial charge on any atom is 0.342 e. The molecule has 0 aliphatic heterocycles. The molecule has 0 unspecified atom stereocenters. The van der Waals surface area contributed by atoms with Crippen LogP contribution in [0.3, 0.4) is 0 Å². The number of halogens is 2. The number of nitrogens with zero attached hydrogens (tertiary/aromatic N) is 1. The summed E-state index contributed by atoms with van der Waals surface area (Å²) in [5.74, 6) is -1.51. The highest BCUT2D eigenvalue weighted by atomic mass is 127. The van der Waals surface area contributed by atoms with Gasteiger partial charge in [0.05, 0.1) is 7.11 Å². The summed E-state index contributed by atoms with van der Waals surface area (Å²) in [6.07, 6.45) is 1.34. The number of ether oxygens (including phenoxy) is 1. The van der Waals surface area contributed by atoms with Crippen molar-refractivity contribution >= 4 is 28.6 Å². The quantitative estimate of drug-likeness (QED) is 0.446. The van der Waals surface area contributed by atoms with Crippen LogP contribution in [0.4, 0.5) is 4.39 Å². The second kappa shape index (κ2) is 3.79. The average Bonchev–Trinajstić information content (AvgIpc) is 2.08. The largest absolute Gasteiger partial charge is 0.465 e. The fourth-order valence-corrected chi connectivity index (χ4v) is 1.13. The van der Waals surface area contributed by atoms with Crippen LogP contribution in [0.5, 0.6) is 0 Å². The molecular formula is C7H5FINO2. The molecule has 0 aliphatic rings. The first-order valence-corrected chi connectivity index (χ1v) is 4.12. The molecule has 5 heteroatoms. The van der Waals surface area contributed by atoms with Gasteiger partial charge in [0.1, 0.15) is 5.56 Å². The van der Waals surface area contributed by atoms with Gasteiger partial charge in [-0.25, -0.2) is 9.78 Å². The van der Waals surface area contributed by atoms with Crippen molar-refractivity contribution in [2.24, 2.45) is 0 Å². The molecule has 0 bridgehead atoms. The molecular weight excluding hydrogens is 276 g/mol. The van der Waals surface area contributed by atoms with E-state index in [9.17, 15) is 9.18 Å². The zero-order chi connectivity index (χ0) is 9.14. The maximum absolute atomic E-state index is 12.8. The molecule has 3 nitrogen and oxygen atoms in total. The monoisotopic (exact) mass is 281 g/mol. The molecule has 1 aromatic heterocycles. The molecule has 1 aromatic rings. The van der Waals surface area contributed by atoms with Crippen LogP contribution in [0, 0.1) is 9.52 Å². The van der Waals surface area contributed by atoms with Crippen molar-refractivity contribution in [3.05, 3.63) is 27.3 Å². The summed E-state index contributed by atoms with van der Waals surface area (Å²) in [5, 5.41) is 0. The van der Waals surface area contributed by atoms with Crippen LogP contribution in [0.25, 0.3) is 0 Å². The van der Waals surface area contributed by atoms with E-state index in [0.29, 0.717) is 3.57 Å². The summed E-state index contributed by atoms with van der Waals surface area (Å²) < 4.78 is 17.8. The minimum Gasteiger partial charge on any atom is -0.465 e. The Bertz CT molecular complexity index is 316. The second-order valence-electron chi connectivity index (χ2n) is 1.98. The van der Waals surface area contributed by atoms with Crippen LogP contribution >= 0.6 is 22.6 Å². The molecule has 0 saturated carbocycles. The summed E-state index contributed by atoms with van der Waals surface area (Å²) in [5.41, 5.74) is -0.135. The second-order valence-corrected chi connectivity index (χ2v) is 3.23. The predicted molar refractivity (Wildman–Crippen MR) is 48.3 cm³/mol. The first-order valence-electron chi connectivity index (χ1n) is 3.04. The van der Waals surface area contributed by atoms with Gasteiger partial charge in [0.25, 0.3) is 0 Å². The Morgan fingerprint density at radius 1 is 1.75 bits per heavy atom. The molecule has 0 fully saturated rings. The minimum absolute atomic E-state index is 0.135. The first kappa shape index (κ1) is 9.37. The highest BCUT2D eigenvalue weighted by Crippen LogP contribution is 2.10. The lowest BCUT2D eigenvalue weighted by Gasteiger charge is -1.99. The van der Waals surface area contributed by atoms with E-state index < -0.39 is 11.9 Å². The van der Waals surface area contributed by atoms with Crippen molar-refractivity contribution < 1.29 is 13.9 Å². The number of hydrogen-bond donors (Lipinski definition) is 0. The molecule has 0 aliphatic carbocycles. The van der Waals surface area contributed by atoms with Gasteiger partial charge >= 0.3 is 5.97 Å². The van der Waals surface area contributed by atoms with Crippen molar-refractivity contribution in [1.29, 1.82) is 0 Å². The van der Waals surface area contributed by atoms with Gasteiger partial charge in [-0.3, -0.25) is 0 Å². The first-order chi connectivity index (χ1) is 5.65. The van der Waals surface area contributed by atoms with Gasteiger partial charge in [-0.2, -0.15) is 4.39 Å². The number of carbonyl (C=O) groups excluding carboxylic acids is 1. The van der Waals surface area contributed by atoms with Gasteiger partial charge in [0.15, 0.2) is 0 Å². The third kappa shape index (κ3) is 1.90. The van der Waals surface area contributed by atoms with Crippen LogP contribution in [0.2, 0.25) is 0 Å². The number of rotatable bonds is 1. The van der Waals surface area contributed by atoms with Crippen LogP contribution in [0.15, 0.2) is 12.3 Å². The van der Waals surface area contributed by atoms with E-state index >= 15 is 0 Å². The number of hydrogen-bond acceptors (Lipinski definition) is 3. The highest BCUT2D eigenvalue weighted by molar-refractivity contribution is 14.1. The molecule has 12 heavy (non-hydrogen) atoms. The number of aromatic nitrogens is 1. The third-order valence-electron chi connectivity index (χ3n) is 1.21. The van der Waals surface area contributed by atoms with Crippen molar-refractivity contribution in [1.82, 2.24) is 4.98 Å². The smallest absolute Gasteiger partial charge is 0.342 e.